The smallest absolute Gasteiger partial charge is 0.229 e. The van der Waals surface area contributed by atoms with Crippen LogP contribution in [0.5, 0.6) is 11.8 Å². The molecule has 0 saturated carbocycles. The number of methoxy groups -OCH3 is 1. The number of aromatic nitrogens is 2. The predicted molar refractivity (Wildman–Crippen MR) is 129 cm³/mol. The van der Waals surface area contributed by atoms with Crippen molar-refractivity contribution in [2.75, 3.05) is 19.0 Å². The quantitative estimate of drug-likeness (QED) is 0.457. The molecule has 0 fully saturated rings. The van der Waals surface area contributed by atoms with Crippen LogP contribution >= 0.6 is 0 Å². The largest absolute Gasteiger partial charge is 0.481 e. The highest BCUT2D eigenvalue weighted by atomic mass is 28.3. The highest BCUT2D eigenvalue weighted by Crippen LogP contribution is 2.30. The van der Waals surface area contributed by atoms with Crippen LogP contribution < -0.4 is 14.8 Å². The molecule has 0 saturated heterocycles. The van der Waals surface area contributed by atoms with E-state index in [0.29, 0.717) is 12.2 Å². The second-order valence-corrected chi connectivity index (χ2v) is 15.5. The Bertz CT molecular complexity index is 1050. The van der Waals surface area contributed by atoms with E-state index in [2.05, 4.69) is 46.8 Å². The molecule has 1 amide bonds. The third kappa shape index (κ3) is 7.84. The third-order valence-corrected chi connectivity index (χ3v) is 6.32. The second kappa shape index (κ2) is 10.8. The van der Waals surface area contributed by atoms with Crippen LogP contribution in [0.4, 0.5) is 10.1 Å². The number of hydrogen-bond acceptors (Lipinski definition) is 6. The van der Waals surface area contributed by atoms with Crippen molar-refractivity contribution in [2.24, 2.45) is 5.41 Å². The number of anilines is 1. The predicted octanol–water partition coefficient (Wildman–Crippen LogP) is 4.41. The number of carbonyl (C=O) groups is 1. The number of carbonyl (C=O) groups excluding carboxylic acids is 1. The van der Waals surface area contributed by atoms with E-state index in [1.54, 1.807) is 26.8 Å². The molecule has 2 rings (SSSR count). The highest BCUT2D eigenvalue weighted by Gasteiger charge is 2.23. The zero-order valence-electron chi connectivity index (χ0n) is 20.2. The summed E-state index contributed by atoms with van der Waals surface area (Å²) >= 11 is 0. The van der Waals surface area contributed by atoms with E-state index in [4.69, 9.17) is 9.47 Å². The molecule has 7 nitrogen and oxygen atoms in total. The van der Waals surface area contributed by atoms with Gasteiger partial charge in [-0.05, 0) is 24.2 Å². The standard InChI is InChI=1S/C24H32FN3O4Si/c1-24(2,3)23(30)28-18-10-8-16(14-17(18)25)9-11-19(29)20-21(31-4)26-15-27-22(20)32-12-13-33(5,6)7/h8,10,14-15,19,29H,12-13H2,1-7H3,(H,28,30). The van der Waals surface area contributed by atoms with Crippen LogP contribution in [0.2, 0.25) is 25.7 Å². The number of amides is 1. The molecule has 9 heteroatoms. The van der Waals surface area contributed by atoms with Gasteiger partial charge in [-0.2, -0.15) is 0 Å². The average Bonchev–Trinajstić information content (AvgIpc) is 2.71. The molecule has 0 aliphatic rings. The van der Waals surface area contributed by atoms with Gasteiger partial charge in [0.05, 0.1) is 19.4 Å². The summed E-state index contributed by atoms with van der Waals surface area (Å²) in [5, 5.41) is 13.3. The Hall–Kier alpha value is -2.96. The zero-order chi connectivity index (χ0) is 24.8. The van der Waals surface area contributed by atoms with Crippen molar-refractivity contribution in [1.82, 2.24) is 9.97 Å². The minimum Gasteiger partial charge on any atom is -0.481 e. The number of aliphatic hydroxyl groups excluding tert-OH is 1. The number of benzene rings is 1. The topological polar surface area (TPSA) is 93.6 Å². The van der Waals surface area contributed by atoms with Crippen LogP contribution in [0.15, 0.2) is 24.5 Å². The Kier molecular flexibility index (Phi) is 8.58. The fraction of sp³-hybridized carbons (Fsp3) is 0.458. The number of aliphatic hydroxyl groups is 1. The Morgan fingerprint density at radius 2 is 1.91 bits per heavy atom. The lowest BCUT2D eigenvalue weighted by Gasteiger charge is -2.18. The number of hydrogen-bond donors (Lipinski definition) is 2. The molecule has 0 bridgehead atoms. The molecule has 178 valence electrons. The van der Waals surface area contributed by atoms with Crippen molar-refractivity contribution in [3.8, 4) is 23.6 Å². The first kappa shape index (κ1) is 26.3. The maximum Gasteiger partial charge on any atom is 0.229 e. The molecule has 2 N–H and O–H groups in total. The minimum atomic E-state index is -1.32. The maximum atomic E-state index is 14.5. The molecule has 2 aromatic rings. The van der Waals surface area contributed by atoms with Crippen LogP contribution in [0.25, 0.3) is 0 Å². The first-order chi connectivity index (χ1) is 15.3. The molecule has 33 heavy (non-hydrogen) atoms. The van der Waals surface area contributed by atoms with Gasteiger partial charge in [-0.25, -0.2) is 14.4 Å². The molecule has 0 spiro atoms. The van der Waals surface area contributed by atoms with Crippen molar-refractivity contribution in [3.63, 3.8) is 0 Å². The van der Waals surface area contributed by atoms with E-state index in [-0.39, 0.29) is 28.9 Å². The normalized spacial score (nSPS) is 12.4. The molecule has 0 aliphatic carbocycles. The Balaban J connectivity index is 2.24. The van der Waals surface area contributed by atoms with Crippen molar-refractivity contribution < 1.29 is 23.8 Å². The highest BCUT2D eigenvalue weighted by molar-refractivity contribution is 6.76. The minimum absolute atomic E-state index is 0.0669. The third-order valence-electron chi connectivity index (χ3n) is 4.62. The first-order valence-electron chi connectivity index (χ1n) is 10.6. The van der Waals surface area contributed by atoms with Gasteiger partial charge >= 0.3 is 0 Å². The number of nitrogens with zero attached hydrogens (tertiary/aromatic N) is 2. The molecular formula is C24H32FN3O4Si. The molecule has 0 aliphatic heterocycles. The van der Waals surface area contributed by atoms with Gasteiger partial charge in [-0.15, -0.1) is 0 Å². The van der Waals surface area contributed by atoms with Crippen molar-refractivity contribution in [3.05, 3.63) is 41.5 Å². The number of halogens is 1. The van der Waals surface area contributed by atoms with Crippen LogP contribution in [0, 0.1) is 23.1 Å². The van der Waals surface area contributed by atoms with Gasteiger partial charge < -0.3 is 19.9 Å². The van der Waals surface area contributed by atoms with Gasteiger partial charge in [0.15, 0.2) is 6.10 Å². The molecule has 1 unspecified atom stereocenters. The van der Waals surface area contributed by atoms with E-state index in [9.17, 15) is 14.3 Å². The molecule has 1 heterocycles. The monoisotopic (exact) mass is 473 g/mol. The SMILES string of the molecule is COc1ncnc(OCC[Si](C)(C)C)c1C(O)C#Cc1ccc(NC(=O)C(C)(C)C)c(F)c1. The summed E-state index contributed by atoms with van der Waals surface area (Å²) in [6.45, 7) is 12.4. The molecule has 1 aromatic heterocycles. The number of ether oxygens (including phenoxy) is 2. The lowest BCUT2D eigenvalue weighted by molar-refractivity contribution is -0.123. The Morgan fingerprint density at radius 1 is 1.24 bits per heavy atom. The lowest BCUT2D eigenvalue weighted by atomic mass is 9.95. The fourth-order valence-electron chi connectivity index (χ4n) is 2.56. The molecule has 0 radical (unpaired) electrons. The van der Waals surface area contributed by atoms with Gasteiger partial charge in [0, 0.05) is 19.1 Å². The van der Waals surface area contributed by atoms with E-state index >= 15 is 0 Å². The number of nitrogens with one attached hydrogen (secondary N) is 1. The van der Waals surface area contributed by atoms with Crippen molar-refractivity contribution in [1.29, 1.82) is 0 Å². The maximum absolute atomic E-state index is 14.5. The van der Waals surface area contributed by atoms with Crippen LogP contribution in [0.3, 0.4) is 0 Å². The zero-order valence-corrected chi connectivity index (χ0v) is 21.2. The summed E-state index contributed by atoms with van der Waals surface area (Å²) in [5.41, 5.74) is -0.0343. The summed E-state index contributed by atoms with van der Waals surface area (Å²) in [6, 6.07) is 5.11. The Labute approximate surface area is 195 Å². The van der Waals surface area contributed by atoms with Crippen molar-refractivity contribution >= 4 is 19.7 Å². The summed E-state index contributed by atoms with van der Waals surface area (Å²) in [6.07, 6.45) is -0.0156. The Morgan fingerprint density at radius 3 is 2.48 bits per heavy atom. The number of rotatable bonds is 7. The molecule has 1 atom stereocenters. The van der Waals surface area contributed by atoms with E-state index in [1.165, 1.54) is 25.6 Å². The van der Waals surface area contributed by atoms with Gasteiger partial charge in [-0.1, -0.05) is 52.3 Å². The van der Waals surface area contributed by atoms with E-state index in [1.807, 2.05) is 0 Å². The van der Waals surface area contributed by atoms with Gasteiger partial charge in [0.2, 0.25) is 17.7 Å². The van der Waals surface area contributed by atoms with Crippen LogP contribution in [-0.4, -0.2) is 42.8 Å². The van der Waals surface area contributed by atoms with Gasteiger partial charge in [0.1, 0.15) is 17.7 Å². The van der Waals surface area contributed by atoms with Crippen LogP contribution in [-0.2, 0) is 4.79 Å². The summed E-state index contributed by atoms with van der Waals surface area (Å²) in [7, 11) is 0.109. The fourth-order valence-corrected chi connectivity index (χ4v) is 3.27. The summed E-state index contributed by atoms with van der Waals surface area (Å²) < 4.78 is 25.5. The van der Waals surface area contributed by atoms with E-state index in [0.717, 1.165) is 6.04 Å². The molecule has 1 aromatic carbocycles. The molecular weight excluding hydrogens is 441 g/mol. The summed E-state index contributed by atoms with van der Waals surface area (Å²) in [5.74, 6) is 4.85. The van der Waals surface area contributed by atoms with Gasteiger partial charge in [-0.3, -0.25) is 4.79 Å². The second-order valence-electron chi connectivity index (χ2n) is 9.83. The average molecular weight is 474 g/mol. The summed E-state index contributed by atoms with van der Waals surface area (Å²) in [4.78, 5) is 20.3. The van der Waals surface area contributed by atoms with Crippen molar-refractivity contribution in [2.45, 2.75) is 52.6 Å². The lowest BCUT2D eigenvalue weighted by Crippen LogP contribution is -2.28. The first-order valence-corrected chi connectivity index (χ1v) is 14.3. The van der Waals surface area contributed by atoms with Gasteiger partial charge in [0.25, 0.3) is 0 Å². The van der Waals surface area contributed by atoms with E-state index < -0.39 is 25.4 Å². The van der Waals surface area contributed by atoms with Crippen LogP contribution in [0.1, 0.15) is 38.0 Å².